The zero-order valence-corrected chi connectivity index (χ0v) is 14.5. The molecule has 2 amide bonds. The highest BCUT2D eigenvalue weighted by atomic mass is 16.5. The van der Waals surface area contributed by atoms with Crippen LogP contribution in [0.3, 0.4) is 0 Å². The van der Waals surface area contributed by atoms with Gasteiger partial charge in [-0.2, -0.15) is 0 Å². The largest absolute Gasteiger partial charge is 0.478 e. The summed E-state index contributed by atoms with van der Waals surface area (Å²) in [4.78, 5) is 38.4. The van der Waals surface area contributed by atoms with Gasteiger partial charge in [-0.3, -0.25) is 9.59 Å². The van der Waals surface area contributed by atoms with E-state index in [4.69, 9.17) is 15.6 Å². The molecule has 4 N–H and O–H groups in total. The average Bonchev–Trinajstić information content (AvgIpc) is 2.69. The first-order valence-electron chi connectivity index (χ1n) is 8.11. The van der Waals surface area contributed by atoms with E-state index in [9.17, 15) is 14.4 Å². The molecule has 3 rings (SSSR count). The van der Waals surface area contributed by atoms with Gasteiger partial charge in [0.2, 0.25) is 11.8 Å². The van der Waals surface area contributed by atoms with Crippen LogP contribution in [0.25, 0.3) is 0 Å². The zero-order chi connectivity index (χ0) is 20.1. The number of benzene rings is 2. The van der Waals surface area contributed by atoms with Gasteiger partial charge in [0.15, 0.2) is 0 Å². The van der Waals surface area contributed by atoms with Gasteiger partial charge in [-0.05, 0) is 48.5 Å². The van der Waals surface area contributed by atoms with Gasteiger partial charge in [-0.15, -0.1) is 0 Å². The molecule has 28 heavy (non-hydrogen) atoms. The van der Waals surface area contributed by atoms with Crippen LogP contribution in [0.4, 0.5) is 5.69 Å². The fourth-order valence-electron chi connectivity index (χ4n) is 2.32. The zero-order valence-electron chi connectivity index (χ0n) is 14.5. The molecule has 2 aromatic carbocycles. The number of nitrogens with two attached hydrogens (primary N) is 1. The molecule has 0 aliphatic rings. The summed E-state index contributed by atoms with van der Waals surface area (Å²) in [6, 6.07) is 15.1. The summed E-state index contributed by atoms with van der Waals surface area (Å²) in [6.07, 6.45) is 1.41. The molecule has 0 aliphatic carbocycles. The molecule has 0 bridgehead atoms. The Morgan fingerprint density at radius 1 is 0.929 bits per heavy atom. The van der Waals surface area contributed by atoms with Crippen LogP contribution < -0.4 is 15.8 Å². The number of anilines is 1. The lowest BCUT2D eigenvalue weighted by Gasteiger charge is -2.08. The first-order chi connectivity index (χ1) is 13.4. The van der Waals surface area contributed by atoms with Crippen LogP contribution in [-0.4, -0.2) is 27.9 Å². The molecule has 1 aromatic heterocycles. The monoisotopic (exact) mass is 377 g/mol. The van der Waals surface area contributed by atoms with E-state index in [0.717, 1.165) is 0 Å². The molecule has 1 heterocycles. The normalized spacial score (nSPS) is 10.1. The van der Waals surface area contributed by atoms with Crippen molar-refractivity contribution in [1.82, 2.24) is 4.98 Å². The highest BCUT2D eigenvalue weighted by molar-refractivity contribution is 6.04. The van der Waals surface area contributed by atoms with Crippen LogP contribution in [0.5, 0.6) is 11.6 Å². The first kappa shape index (κ1) is 18.6. The highest BCUT2D eigenvalue weighted by Gasteiger charge is 2.09. The molecule has 0 spiro atoms. The first-order valence-corrected chi connectivity index (χ1v) is 8.11. The van der Waals surface area contributed by atoms with E-state index in [0.29, 0.717) is 22.6 Å². The third kappa shape index (κ3) is 4.50. The van der Waals surface area contributed by atoms with Gasteiger partial charge in [-0.25, -0.2) is 9.78 Å². The maximum atomic E-state index is 12.2. The number of aromatic carboxylic acids is 1. The Bertz CT molecular complexity index is 1030. The van der Waals surface area contributed by atoms with E-state index in [-0.39, 0.29) is 11.4 Å². The van der Waals surface area contributed by atoms with Crippen LogP contribution in [0, 0.1) is 0 Å². The van der Waals surface area contributed by atoms with Gasteiger partial charge in [0.1, 0.15) is 5.75 Å². The van der Waals surface area contributed by atoms with Gasteiger partial charge in [-0.1, -0.05) is 6.07 Å². The van der Waals surface area contributed by atoms with Gasteiger partial charge < -0.3 is 20.9 Å². The van der Waals surface area contributed by atoms with Gasteiger partial charge in [0.25, 0.3) is 5.91 Å². The smallest absolute Gasteiger partial charge is 0.335 e. The molecule has 140 valence electrons. The lowest BCUT2D eigenvalue weighted by atomic mass is 10.1. The number of carboxylic acids is 1. The highest BCUT2D eigenvalue weighted by Crippen LogP contribution is 2.21. The molecule has 0 radical (unpaired) electrons. The lowest BCUT2D eigenvalue weighted by molar-refractivity contribution is 0.0696. The third-order valence-electron chi connectivity index (χ3n) is 3.73. The maximum absolute atomic E-state index is 12.2. The Labute approximate surface area is 159 Å². The van der Waals surface area contributed by atoms with E-state index in [1.807, 2.05) is 0 Å². The lowest BCUT2D eigenvalue weighted by Crippen LogP contribution is -2.12. The standard InChI is InChI=1S/C20H15N3O5/c21-18(24)14-2-1-3-16(10-14)28-17-9-8-15(11-22-17)23-19(25)12-4-6-13(7-5-12)20(26)27/h1-11H,(H2,21,24)(H,23,25)(H,26,27). The number of amides is 2. The molecule has 0 fully saturated rings. The van der Waals surface area contributed by atoms with Crippen molar-refractivity contribution < 1.29 is 24.2 Å². The van der Waals surface area contributed by atoms with Crippen molar-refractivity contribution in [2.75, 3.05) is 5.32 Å². The predicted molar refractivity (Wildman–Crippen MR) is 101 cm³/mol. The molecule has 0 aliphatic heterocycles. The van der Waals surface area contributed by atoms with Crippen molar-refractivity contribution in [2.45, 2.75) is 0 Å². The van der Waals surface area contributed by atoms with Crippen LogP contribution in [0.1, 0.15) is 31.1 Å². The SMILES string of the molecule is NC(=O)c1cccc(Oc2ccc(NC(=O)c3ccc(C(=O)O)cc3)cn2)c1. The number of nitrogens with zero attached hydrogens (tertiary/aromatic N) is 1. The molecule has 0 unspecified atom stereocenters. The van der Waals surface area contributed by atoms with Crippen LogP contribution in [0.15, 0.2) is 66.9 Å². The van der Waals surface area contributed by atoms with E-state index in [1.165, 1.54) is 36.5 Å². The molecule has 8 heteroatoms. The Hall–Kier alpha value is -4.20. The van der Waals surface area contributed by atoms with E-state index < -0.39 is 17.8 Å². The second kappa shape index (κ2) is 8.00. The van der Waals surface area contributed by atoms with E-state index in [1.54, 1.807) is 30.3 Å². The predicted octanol–water partition coefficient (Wildman–Crippen LogP) is 2.92. The molecular weight excluding hydrogens is 362 g/mol. The number of ether oxygens (including phenoxy) is 1. The molecule has 8 nitrogen and oxygen atoms in total. The second-order valence-corrected chi connectivity index (χ2v) is 5.72. The minimum Gasteiger partial charge on any atom is -0.478 e. The Morgan fingerprint density at radius 2 is 1.64 bits per heavy atom. The molecule has 3 aromatic rings. The Morgan fingerprint density at radius 3 is 2.25 bits per heavy atom. The minimum absolute atomic E-state index is 0.0973. The fourth-order valence-corrected chi connectivity index (χ4v) is 2.32. The topological polar surface area (TPSA) is 132 Å². The van der Waals surface area contributed by atoms with Crippen molar-refractivity contribution >= 4 is 23.5 Å². The van der Waals surface area contributed by atoms with Gasteiger partial charge in [0.05, 0.1) is 17.4 Å². The molecule has 0 saturated heterocycles. The van der Waals surface area contributed by atoms with Crippen molar-refractivity contribution in [3.63, 3.8) is 0 Å². The van der Waals surface area contributed by atoms with Gasteiger partial charge in [0, 0.05) is 17.2 Å². The quantitative estimate of drug-likeness (QED) is 0.605. The fraction of sp³-hybridized carbons (Fsp3) is 0. The number of nitrogens with one attached hydrogen (secondary N) is 1. The number of rotatable bonds is 6. The number of pyridine rings is 1. The van der Waals surface area contributed by atoms with Crippen LogP contribution in [-0.2, 0) is 0 Å². The summed E-state index contributed by atoms with van der Waals surface area (Å²) < 4.78 is 5.56. The molecular formula is C20H15N3O5. The van der Waals surface area contributed by atoms with Gasteiger partial charge >= 0.3 is 5.97 Å². The van der Waals surface area contributed by atoms with Crippen molar-refractivity contribution in [3.8, 4) is 11.6 Å². The Kier molecular flexibility index (Phi) is 5.31. The summed E-state index contributed by atoms with van der Waals surface area (Å²) in [5, 5.41) is 11.5. The summed E-state index contributed by atoms with van der Waals surface area (Å²) in [5.41, 5.74) is 6.40. The number of carbonyl (C=O) groups excluding carboxylic acids is 2. The second-order valence-electron chi connectivity index (χ2n) is 5.72. The number of primary amides is 1. The molecule has 0 atom stereocenters. The van der Waals surface area contributed by atoms with Crippen molar-refractivity contribution in [3.05, 3.63) is 83.6 Å². The summed E-state index contributed by atoms with van der Waals surface area (Å²) >= 11 is 0. The van der Waals surface area contributed by atoms with Crippen LogP contribution in [0.2, 0.25) is 0 Å². The summed E-state index contributed by atoms with van der Waals surface area (Å²) in [6.45, 7) is 0. The van der Waals surface area contributed by atoms with Crippen molar-refractivity contribution in [2.24, 2.45) is 5.73 Å². The summed E-state index contributed by atoms with van der Waals surface area (Å²) in [5.74, 6) is -1.35. The van der Waals surface area contributed by atoms with Crippen LogP contribution >= 0.6 is 0 Å². The number of carbonyl (C=O) groups is 3. The minimum atomic E-state index is -1.06. The maximum Gasteiger partial charge on any atom is 0.335 e. The van der Waals surface area contributed by atoms with E-state index in [2.05, 4.69) is 10.3 Å². The summed E-state index contributed by atoms with van der Waals surface area (Å²) in [7, 11) is 0. The molecule has 0 saturated carbocycles. The number of hydrogen-bond donors (Lipinski definition) is 3. The van der Waals surface area contributed by atoms with E-state index >= 15 is 0 Å². The Balaban J connectivity index is 1.65. The number of hydrogen-bond acceptors (Lipinski definition) is 5. The number of carboxylic acid groups (broad SMARTS) is 1. The number of aromatic nitrogens is 1. The van der Waals surface area contributed by atoms with Crippen molar-refractivity contribution in [1.29, 1.82) is 0 Å². The third-order valence-corrected chi connectivity index (χ3v) is 3.73. The average molecular weight is 377 g/mol.